The molecule has 102 valence electrons. The van der Waals surface area contributed by atoms with Crippen molar-refractivity contribution in [3.05, 3.63) is 48.8 Å². The number of allylic oxidation sites excluding steroid dienone is 7. The van der Waals surface area contributed by atoms with Gasteiger partial charge in [-0.05, 0) is 12.5 Å². The van der Waals surface area contributed by atoms with Gasteiger partial charge < -0.3 is 14.9 Å². The van der Waals surface area contributed by atoms with Gasteiger partial charge in [-0.2, -0.15) is 0 Å². The molecule has 18 heavy (non-hydrogen) atoms. The van der Waals surface area contributed by atoms with Gasteiger partial charge in [0.25, 0.3) is 0 Å². The molecular weight excluding hydrogens is 228 g/mol. The van der Waals surface area contributed by atoms with Crippen LogP contribution in [0.5, 0.6) is 0 Å². The molecule has 0 spiro atoms. The van der Waals surface area contributed by atoms with E-state index >= 15 is 0 Å². The highest BCUT2D eigenvalue weighted by atomic mass is 16.5. The SMILES string of the molecule is CCCC/C=C/C=C/C=C/C=C\OCC(O)CO. The average Bonchev–Trinajstić information content (AvgIpc) is 2.39. The first-order valence-corrected chi connectivity index (χ1v) is 6.36. The Balaban J connectivity index is 3.54. The highest BCUT2D eigenvalue weighted by Crippen LogP contribution is 1.95. The van der Waals surface area contributed by atoms with Gasteiger partial charge >= 0.3 is 0 Å². The molecule has 0 rings (SSSR count). The number of ether oxygens (including phenoxy) is 1. The van der Waals surface area contributed by atoms with E-state index in [1.165, 1.54) is 19.1 Å². The fourth-order valence-corrected chi connectivity index (χ4v) is 1.07. The molecule has 3 heteroatoms. The van der Waals surface area contributed by atoms with Gasteiger partial charge in [-0.25, -0.2) is 0 Å². The summed E-state index contributed by atoms with van der Waals surface area (Å²) < 4.78 is 4.98. The number of hydrogen-bond acceptors (Lipinski definition) is 3. The van der Waals surface area contributed by atoms with Crippen LogP contribution in [0.25, 0.3) is 0 Å². The van der Waals surface area contributed by atoms with Crippen LogP contribution in [0.15, 0.2) is 48.8 Å². The van der Waals surface area contributed by atoms with E-state index in [9.17, 15) is 0 Å². The van der Waals surface area contributed by atoms with E-state index in [-0.39, 0.29) is 13.2 Å². The van der Waals surface area contributed by atoms with Crippen molar-refractivity contribution in [2.45, 2.75) is 32.3 Å². The van der Waals surface area contributed by atoms with Crippen LogP contribution in [-0.4, -0.2) is 29.5 Å². The molecule has 0 aliphatic carbocycles. The average molecular weight is 252 g/mol. The quantitative estimate of drug-likeness (QED) is 0.357. The van der Waals surface area contributed by atoms with Crippen molar-refractivity contribution in [3.8, 4) is 0 Å². The van der Waals surface area contributed by atoms with Crippen LogP contribution in [0.4, 0.5) is 0 Å². The molecule has 1 atom stereocenters. The standard InChI is InChI=1S/C15H24O3/c1-2-3-4-5-6-7-8-9-10-11-12-18-14-15(17)13-16/h5-12,15-17H,2-4,13-14H2,1H3/b6-5+,8-7+,10-9+,12-11-. The molecule has 0 aromatic carbocycles. The zero-order valence-electron chi connectivity index (χ0n) is 11.0. The lowest BCUT2D eigenvalue weighted by atomic mass is 10.2. The summed E-state index contributed by atoms with van der Waals surface area (Å²) in [7, 11) is 0. The Bertz CT molecular complexity index is 277. The van der Waals surface area contributed by atoms with Crippen molar-refractivity contribution in [2.75, 3.05) is 13.2 Å². The van der Waals surface area contributed by atoms with Crippen LogP contribution < -0.4 is 0 Å². The van der Waals surface area contributed by atoms with Gasteiger partial charge in [0.05, 0.1) is 12.9 Å². The molecule has 0 aromatic heterocycles. The van der Waals surface area contributed by atoms with Gasteiger partial charge in [0.2, 0.25) is 0 Å². The third-order valence-corrected chi connectivity index (χ3v) is 2.09. The van der Waals surface area contributed by atoms with E-state index in [4.69, 9.17) is 14.9 Å². The Hall–Kier alpha value is -1.32. The van der Waals surface area contributed by atoms with E-state index in [1.54, 1.807) is 6.08 Å². The monoisotopic (exact) mass is 252 g/mol. The maximum atomic E-state index is 8.97. The van der Waals surface area contributed by atoms with E-state index in [2.05, 4.69) is 13.0 Å². The summed E-state index contributed by atoms with van der Waals surface area (Å²) in [6.45, 7) is 2.01. The second-order valence-corrected chi connectivity index (χ2v) is 3.84. The number of rotatable bonds is 10. The Morgan fingerprint density at radius 2 is 1.72 bits per heavy atom. The van der Waals surface area contributed by atoms with Gasteiger partial charge in [0, 0.05) is 0 Å². The molecule has 0 bridgehead atoms. The molecule has 0 amide bonds. The summed E-state index contributed by atoms with van der Waals surface area (Å²) in [4.78, 5) is 0. The van der Waals surface area contributed by atoms with Crippen molar-refractivity contribution < 1.29 is 14.9 Å². The Morgan fingerprint density at radius 3 is 2.39 bits per heavy atom. The lowest BCUT2D eigenvalue weighted by Gasteiger charge is -2.04. The summed E-state index contributed by atoms with van der Waals surface area (Å²) in [5, 5.41) is 17.5. The molecule has 0 heterocycles. The molecule has 0 aliphatic rings. The van der Waals surface area contributed by atoms with E-state index in [0.717, 1.165) is 6.42 Å². The lowest BCUT2D eigenvalue weighted by molar-refractivity contribution is 0.0384. The summed E-state index contributed by atoms with van der Waals surface area (Å²) in [6.07, 6.45) is 17.8. The highest BCUT2D eigenvalue weighted by molar-refractivity contribution is 5.14. The molecule has 1 unspecified atom stereocenters. The van der Waals surface area contributed by atoms with Crippen LogP contribution in [0.1, 0.15) is 26.2 Å². The zero-order valence-corrected chi connectivity index (χ0v) is 11.0. The van der Waals surface area contributed by atoms with Crippen molar-refractivity contribution in [1.82, 2.24) is 0 Å². The molecule has 0 aromatic rings. The zero-order chi connectivity index (χ0) is 13.5. The number of aliphatic hydroxyl groups excluding tert-OH is 2. The summed E-state index contributed by atoms with van der Waals surface area (Å²) >= 11 is 0. The summed E-state index contributed by atoms with van der Waals surface area (Å²) in [6, 6.07) is 0. The van der Waals surface area contributed by atoms with Crippen molar-refractivity contribution >= 4 is 0 Å². The van der Waals surface area contributed by atoms with E-state index in [1.807, 2.05) is 30.4 Å². The van der Waals surface area contributed by atoms with Crippen LogP contribution in [0.3, 0.4) is 0 Å². The predicted molar refractivity (Wildman–Crippen MR) is 75.1 cm³/mol. The Kier molecular flexibility index (Phi) is 12.7. The minimum Gasteiger partial charge on any atom is -0.498 e. The maximum absolute atomic E-state index is 8.97. The van der Waals surface area contributed by atoms with Crippen molar-refractivity contribution in [3.63, 3.8) is 0 Å². The Morgan fingerprint density at radius 1 is 1.06 bits per heavy atom. The van der Waals surface area contributed by atoms with Gasteiger partial charge in [0.1, 0.15) is 12.7 Å². The van der Waals surface area contributed by atoms with Crippen LogP contribution in [0.2, 0.25) is 0 Å². The Labute approximate surface area is 110 Å². The predicted octanol–water partition coefficient (Wildman–Crippen LogP) is 2.73. The van der Waals surface area contributed by atoms with Gasteiger partial charge in [0.15, 0.2) is 0 Å². The minimum absolute atomic E-state index is 0.108. The molecule has 0 saturated carbocycles. The fraction of sp³-hybridized carbons (Fsp3) is 0.467. The number of aliphatic hydroxyl groups is 2. The number of hydrogen-bond donors (Lipinski definition) is 2. The molecule has 0 radical (unpaired) electrons. The van der Waals surface area contributed by atoms with Crippen LogP contribution in [0, 0.1) is 0 Å². The highest BCUT2D eigenvalue weighted by Gasteiger charge is 1.98. The minimum atomic E-state index is -0.813. The van der Waals surface area contributed by atoms with Gasteiger partial charge in [-0.3, -0.25) is 0 Å². The van der Waals surface area contributed by atoms with Crippen LogP contribution >= 0.6 is 0 Å². The van der Waals surface area contributed by atoms with E-state index in [0.29, 0.717) is 0 Å². The first-order valence-electron chi connectivity index (χ1n) is 6.36. The summed E-state index contributed by atoms with van der Waals surface area (Å²) in [5.74, 6) is 0. The smallest absolute Gasteiger partial charge is 0.115 e. The third-order valence-electron chi connectivity index (χ3n) is 2.09. The topological polar surface area (TPSA) is 49.7 Å². The van der Waals surface area contributed by atoms with Crippen molar-refractivity contribution in [1.29, 1.82) is 0 Å². The van der Waals surface area contributed by atoms with Crippen LogP contribution in [-0.2, 0) is 4.74 Å². The second-order valence-electron chi connectivity index (χ2n) is 3.84. The normalized spacial score (nSPS) is 14.4. The molecule has 0 saturated heterocycles. The van der Waals surface area contributed by atoms with E-state index < -0.39 is 6.10 Å². The molecular formula is C15H24O3. The largest absolute Gasteiger partial charge is 0.498 e. The maximum Gasteiger partial charge on any atom is 0.115 e. The second kappa shape index (κ2) is 13.7. The molecule has 0 aliphatic heterocycles. The lowest BCUT2D eigenvalue weighted by Crippen LogP contribution is -2.17. The third kappa shape index (κ3) is 12.7. The fourth-order valence-electron chi connectivity index (χ4n) is 1.07. The molecule has 0 fully saturated rings. The first-order chi connectivity index (χ1) is 8.81. The summed E-state index contributed by atoms with van der Waals surface area (Å²) in [5.41, 5.74) is 0. The number of unbranched alkanes of at least 4 members (excludes halogenated alkanes) is 2. The molecule has 3 nitrogen and oxygen atoms in total. The van der Waals surface area contributed by atoms with Crippen molar-refractivity contribution in [2.24, 2.45) is 0 Å². The molecule has 2 N–H and O–H groups in total. The van der Waals surface area contributed by atoms with Gasteiger partial charge in [-0.15, -0.1) is 0 Å². The first kappa shape index (κ1) is 16.7. The van der Waals surface area contributed by atoms with Gasteiger partial charge in [-0.1, -0.05) is 56.2 Å².